The van der Waals surface area contributed by atoms with Crippen molar-refractivity contribution in [1.29, 1.82) is 0 Å². The molecule has 0 radical (unpaired) electrons. The zero-order valence-corrected chi connectivity index (χ0v) is 14.4. The molecule has 25 heavy (non-hydrogen) atoms. The molecule has 1 aromatic carbocycles. The third-order valence-electron chi connectivity index (χ3n) is 4.72. The van der Waals surface area contributed by atoms with Gasteiger partial charge in [0.2, 0.25) is 0 Å². The summed E-state index contributed by atoms with van der Waals surface area (Å²) in [7, 11) is 0. The van der Waals surface area contributed by atoms with Crippen LogP contribution in [0.4, 0.5) is 5.69 Å². The molecule has 0 amide bonds. The molecule has 1 aliphatic heterocycles. The van der Waals surface area contributed by atoms with E-state index >= 15 is 0 Å². The average molecular weight is 330 g/mol. The minimum absolute atomic E-state index is 0.189. The number of aromatic amines is 1. The molecule has 4 rings (SSSR count). The first-order chi connectivity index (χ1) is 12.0. The predicted octanol–water partition coefficient (Wildman–Crippen LogP) is 3.55. The third-order valence-corrected chi connectivity index (χ3v) is 4.72. The molecule has 0 spiro atoms. The highest BCUT2D eigenvalue weighted by atomic mass is 16.1. The zero-order chi connectivity index (χ0) is 17.6. The summed E-state index contributed by atoms with van der Waals surface area (Å²) in [6, 6.07) is 11.7. The van der Waals surface area contributed by atoms with E-state index in [2.05, 4.69) is 35.1 Å². The molecule has 0 fully saturated rings. The lowest BCUT2D eigenvalue weighted by Crippen LogP contribution is -2.26. The normalized spacial score (nSPS) is 14.9. The van der Waals surface area contributed by atoms with Crippen LogP contribution in [-0.4, -0.2) is 20.9 Å². The van der Waals surface area contributed by atoms with Crippen molar-refractivity contribution < 1.29 is 0 Å². The lowest BCUT2D eigenvalue weighted by atomic mass is 9.78. The van der Waals surface area contributed by atoms with Crippen LogP contribution in [0.15, 0.2) is 58.6 Å². The monoisotopic (exact) mass is 330 g/mol. The molecule has 0 saturated heterocycles. The number of benzene rings is 1. The fourth-order valence-corrected chi connectivity index (χ4v) is 3.39. The summed E-state index contributed by atoms with van der Waals surface area (Å²) in [6.45, 7) is 6.25. The minimum Gasteiger partial charge on any atom is -0.268 e. The van der Waals surface area contributed by atoms with Crippen molar-refractivity contribution in [3.63, 3.8) is 0 Å². The van der Waals surface area contributed by atoms with Gasteiger partial charge in [0.05, 0.1) is 17.1 Å². The van der Waals surface area contributed by atoms with Crippen molar-refractivity contribution in [1.82, 2.24) is 15.2 Å². The minimum atomic E-state index is -0.219. The SMILES string of the molecule is Cc1cc(=O)[nH]nc1-c1ccc2c(c1)C(C)(C)C(c1ccncc1)=N2. The number of nitrogens with one attached hydrogen (secondary N) is 1. The smallest absolute Gasteiger partial charge is 0.264 e. The number of H-pyrrole nitrogens is 1. The molecule has 124 valence electrons. The topological polar surface area (TPSA) is 71.0 Å². The maximum Gasteiger partial charge on any atom is 0.264 e. The van der Waals surface area contributed by atoms with Crippen LogP contribution in [0.25, 0.3) is 11.3 Å². The summed E-state index contributed by atoms with van der Waals surface area (Å²) >= 11 is 0. The Hall–Kier alpha value is -3.08. The van der Waals surface area contributed by atoms with Crippen molar-refractivity contribution in [2.45, 2.75) is 26.2 Å². The van der Waals surface area contributed by atoms with E-state index in [1.54, 1.807) is 18.5 Å². The number of rotatable bonds is 2. The number of aryl methyl sites for hydroxylation is 1. The number of nitrogens with zero attached hydrogens (tertiary/aromatic N) is 3. The van der Waals surface area contributed by atoms with Crippen LogP contribution in [0.3, 0.4) is 0 Å². The van der Waals surface area contributed by atoms with Gasteiger partial charge in [-0.25, -0.2) is 5.10 Å². The highest BCUT2D eigenvalue weighted by Crippen LogP contribution is 2.43. The van der Waals surface area contributed by atoms with Gasteiger partial charge in [-0.15, -0.1) is 0 Å². The molecular formula is C20H18N4O. The summed E-state index contributed by atoms with van der Waals surface area (Å²) < 4.78 is 0. The second-order valence-corrected chi connectivity index (χ2v) is 6.82. The molecule has 5 nitrogen and oxygen atoms in total. The Labute approximate surface area is 145 Å². The van der Waals surface area contributed by atoms with Crippen LogP contribution in [0.5, 0.6) is 0 Å². The summed E-state index contributed by atoms with van der Waals surface area (Å²) in [6.07, 6.45) is 3.58. The maximum atomic E-state index is 11.4. The first-order valence-electron chi connectivity index (χ1n) is 8.17. The van der Waals surface area contributed by atoms with Gasteiger partial charge in [-0.05, 0) is 47.9 Å². The van der Waals surface area contributed by atoms with E-state index < -0.39 is 0 Å². The molecule has 3 aromatic rings. The van der Waals surface area contributed by atoms with E-state index in [4.69, 9.17) is 4.99 Å². The van der Waals surface area contributed by atoms with Crippen LogP contribution in [0, 0.1) is 6.92 Å². The lowest BCUT2D eigenvalue weighted by Gasteiger charge is -2.23. The molecule has 2 aromatic heterocycles. The fourth-order valence-electron chi connectivity index (χ4n) is 3.39. The second-order valence-electron chi connectivity index (χ2n) is 6.82. The second kappa shape index (κ2) is 5.48. The highest BCUT2D eigenvalue weighted by molar-refractivity contribution is 6.12. The zero-order valence-electron chi connectivity index (χ0n) is 14.4. The van der Waals surface area contributed by atoms with Gasteiger partial charge >= 0.3 is 0 Å². The first-order valence-corrected chi connectivity index (χ1v) is 8.17. The van der Waals surface area contributed by atoms with Crippen LogP contribution < -0.4 is 5.56 Å². The van der Waals surface area contributed by atoms with Gasteiger partial charge in [0, 0.05) is 29.4 Å². The van der Waals surface area contributed by atoms with E-state index in [1.807, 2.05) is 31.2 Å². The Bertz CT molecular complexity index is 1050. The van der Waals surface area contributed by atoms with Gasteiger partial charge in [-0.3, -0.25) is 14.8 Å². The molecule has 1 N–H and O–H groups in total. The van der Waals surface area contributed by atoms with Gasteiger partial charge in [-0.2, -0.15) is 5.10 Å². The Morgan fingerprint density at radius 3 is 2.48 bits per heavy atom. The van der Waals surface area contributed by atoms with E-state index in [0.29, 0.717) is 0 Å². The number of pyridine rings is 1. The number of aliphatic imine (C=N–C) groups is 1. The first kappa shape index (κ1) is 15.4. The predicted molar refractivity (Wildman–Crippen MR) is 98.5 cm³/mol. The van der Waals surface area contributed by atoms with Crippen molar-refractivity contribution in [2.24, 2.45) is 4.99 Å². The van der Waals surface area contributed by atoms with Gasteiger partial charge < -0.3 is 0 Å². The summed E-state index contributed by atoms with van der Waals surface area (Å²) in [5.41, 5.74) is 6.46. The third kappa shape index (κ3) is 2.48. The molecule has 0 bridgehead atoms. The summed E-state index contributed by atoms with van der Waals surface area (Å²) in [5, 5.41) is 6.74. The van der Waals surface area contributed by atoms with Crippen LogP contribution >= 0.6 is 0 Å². The van der Waals surface area contributed by atoms with E-state index in [0.717, 1.165) is 39.3 Å². The van der Waals surface area contributed by atoms with Crippen LogP contribution in [0.1, 0.15) is 30.5 Å². The van der Waals surface area contributed by atoms with Gasteiger partial charge in [0.15, 0.2) is 0 Å². The standard InChI is InChI=1S/C20H18N4O/c1-12-10-17(25)23-24-18(12)14-4-5-16-15(11-14)20(2,3)19(22-16)13-6-8-21-9-7-13/h4-11H,1-3H3,(H,23,25). The van der Waals surface area contributed by atoms with Crippen LogP contribution in [-0.2, 0) is 5.41 Å². The average Bonchev–Trinajstić information content (AvgIpc) is 2.86. The molecule has 0 aliphatic carbocycles. The largest absolute Gasteiger partial charge is 0.268 e. The number of hydrogen-bond acceptors (Lipinski definition) is 4. The molecule has 0 saturated carbocycles. The Balaban J connectivity index is 1.82. The quantitative estimate of drug-likeness (QED) is 0.781. The molecule has 1 aliphatic rings. The molecule has 3 heterocycles. The van der Waals surface area contributed by atoms with Crippen molar-refractivity contribution in [2.75, 3.05) is 0 Å². The molecule has 0 atom stereocenters. The maximum absolute atomic E-state index is 11.4. The van der Waals surface area contributed by atoms with Crippen molar-refractivity contribution in [3.05, 3.63) is 75.8 Å². The van der Waals surface area contributed by atoms with E-state index in [9.17, 15) is 4.79 Å². The Morgan fingerprint density at radius 1 is 1.00 bits per heavy atom. The molecular weight excluding hydrogens is 312 g/mol. The summed E-state index contributed by atoms with van der Waals surface area (Å²) in [5.74, 6) is 0. The summed E-state index contributed by atoms with van der Waals surface area (Å²) in [4.78, 5) is 20.4. The van der Waals surface area contributed by atoms with Gasteiger partial charge in [0.1, 0.15) is 0 Å². The van der Waals surface area contributed by atoms with Crippen LogP contribution in [0.2, 0.25) is 0 Å². The van der Waals surface area contributed by atoms with E-state index in [1.165, 1.54) is 0 Å². The highest BCUT2D eigenvalue weighted by Gasteiger charge is 2.36. The number of aromatic nitrogens is 3. The van der Waals surface area contributed by atoms with E-state index in [-0.39, 0.29) is 11.0 Å². The molecule has 5 heteroatoms. The van der Waals surface area contributed by atoms with Gasteiger partial charge in [0.25, 0.3) is 5.56 Å². The number of fused-ring (bicyclic) bond motifs is 1. The fraction of sp³-hybridized carbons (Fsp3) is 0.200. The Morgan fingerprint density at radius 2 is 1.76 bits per heavy atom. The van der Waals surface area contributed by atoms with Crippen molar-refractivity contribution in [3.8, 4) is 11.3 Å². The van der Waals surface area contributed by atoms with Gasteiger partial charge in [-0.1, -0.05) is 19.9 Å². The Kier molecular flexibility index (Phi) is 3.39. The number of hydrogen-bond donors (Lipinski definition) is 1. The molecule has 0 unspecified atom stereocenters. The van der Waals surface area contributed by atoms with Crippen molar-refractivity contribution >= 4 is 11.4 Å². The lowest BCUT2D eigenvalue weighted by molar-refractivity contribution is 0.737.